The van der Waals surface area contributed by atoms with Gasteiger partial charge in [0.1, 0.15) is 17.5 Å². The van der Waals surface area contributed by atoms with Crippen molar-refractivity contribution in [1.29, 1.82) is 5.26 Å². The number of pyridine rings is 1. The molecule has 1 aliphatic carbocycles. The number of nitrogens with zero attached hydrogens (tertiary/aromatic N) is 8. The van der Waals surface area contributed by atoms with Gasteiger partial charge >= 0.3 is 6.03 Å². The van der Waals surface area contributed by atoms with Gasteiger partial charge in [0.05, 0.1) is 24.5 Å². The van der Waals surface area contributed by atoms with E-state index in [1.807, 2.05) is 66.8 Å². The summed E-state index contributed by atoms with van der Waals surface area (Å²) in [6.45, 7) is 2.76. The van der Waals surface area contributed by atoms with Gasteiger partial charge < -0.3 is 20.3 Å². The van der Waals surface area contributed by atoms with Gasteiger partial charge in [-0.1, -0.05) is 30.3 Å². The highest BCUT2D eigenvalue weighted by molar-refractivity contribution is 5.91. The molecular weight excluding hydrogens is 592 g/mol. The van der Waals surface area contributed by atoms with Crippen LogP contribution in [0.5, 0.6) is 0 Å². The Morgan fingerprint density at radius 3 is 2.57 bits per heavy atom. The number of carbonyl (C=O) groups is 1. The summed E-state index contributed by atoms with van der Waals surface area (Å²) >= 11 is 0. The number of ether oxygens (including phenoxy) is 1. The van der Waals surface area contributed by atoms with Crippen molar-refractivity contribution in [2.45, 2.75) is 69.1 Å². The Balaban J connectivity index is 1.04. The summed E-state index contributed by atoms with van der Waals surface area (Å²) in [5.41, 5.74) is 3.38. The van der Waals surface area contributed by atoms with Gasteiger partial charge in [-0.05, 0) is 62.6 Å². The van der Waals surface area contributed by atoms with E-state index in [4.69, 9.17) is 14.7 Å². The van der Waals surface area contributed by atoms with Crippen LogP contribution < -0.4 is 20.4 Å². The smallest absolute Gasteiger partial charge is 0.323 e. The fourth-order valence-electron chi connectivity index (χ4n) is 7.09. The topological polar surface area (TPSA) is 137 Å². The quantitative estimate of drug-likeness (QED) is 0.274. The van der Waals surface area contributed by atoms with Crippen molar-refractivity contribution >= 4 is 23.6 Å². The predicted molar refractivity (Wildman–Crippen MR) is 179 cm³/mol. The van der Waals surface area contributed by atoms with Crippen LogP contribution in [0.4, 0.5) is 22.4 Å². The highest BCUT2D eigenvalue weighted by atomic mass is 16.5. The molecule has 1 aromatic carbocycles. The molecule has 1 saturated carbocycles. The molecule has 1 unspecified atom stereocenters. The number of carbonyl (C=O) groups excluding carboxylic acids is 1. The monoisotopic (exact) mass is 632 g/mol. The van der Waals surface area contributed by atoms with Gasteiger partial charge in [0.15, 0.2) is 5.82 Å². The van der Waals surface area contributed by atoms with E-state index in [0.717, 1.165) is 74.8 Å². The van der Waals surface area contributed by atoms with Crippen molar-refractivity contribution in [3.8, 4) is 17.2 Å². The first-order chi connectivity index (χ1) is 23.0. The lowest BCUT2D eigenvalue weighted by Gasteiger charge is -2.55. The SMILES string of the molecule is Cn1cc(-c2ccc(N(C(=O)NCc3ccccc3)[C@H]3CC[C@H](Nc4ncc(C#N)c(N5CCC56CCCOC6)n4)CC3)nc2)cn1. The minimum absolute atomic E-state index is 0.0229. The second kappa shape index (κ2) is 13.4. The lowest BCUT2D eigenvalue weighted by atomic mass is 9.79. The summed E-state index contributed by atoms with van der Waals surface area (Å²) < 4.78 is 7.58. The Morgan fingerprint density at radius 2 is 1.91 bits per heavy atom. The lowest BCUT2D eigenvalue weighted by Crippen LogP contribution is -2.64. The molecule has 0 bridgehead atoms. The molecule has 242 valence electrons. The number of anilines is 3. The van der Waals surface area contributed by atoms with Gasteiger partial charge in [-0.3, -0.25) is 9.58 Å². The third-order valence-corrected chi connectivity index (χ3v) is 9.75. The van der Waals surface area contributed by atoms with Crippen molar-refractivity contribution < 1.29 is 9.53 Å². The highest BCUT2D eigenvalue weighted by Crippen LogP contribution is 2.42. The third-order valence-electron chi connectivity index (χ3n) is 9.75. The number of aromatic nitrogens is 5. The zero-order chi connectivity index (χ0) is 32.2. The molecule has 2 N–H and O–H groups in total. The molecule has 3 aromatic heterocycles. The highest BCUT2D eigenvalue weighted by Gasteiger charge is 2.47. The summed E-state index contributed by atoms with van der Waals surface area (Å²) in [5, 5.41) is 20.8. The summed E-state index contributed by atoms with van der Waals surface area (Å²) in [5.74, 6) is 1.85. The Bertz CT molecular complexity index is 1720. The molecular formula is C35H40N10O2. The largest absolute Gasteiger partial charge is 0.379 e. The standard InChI is InChI=1S/C35H40N10O2/c1-43-23-28(22-40-43)26-8-13-31(37-20-26)45(34(46)39-19-25-6-3-2-4-7-25)30-11-9-29(10-12-30)41-33-38-21-27(18-36)32(42-33)44-16-15-35(44)14-5-17-47-24-35/h2-4,6-8,13,20-23,29-30H,5,9-12,14-17,19,24H2,1H3,(H,39,46)(H,38,41,42)/t29-,30-,35?. The summed E-state index contributed by atoms with van der Waals surface area (Å²) in [6.07, 6.45) is 13.5. The minimum Gasteiger partial charge on any atom is -0.379 e. The number of hydrogen-bond acceptors (Lipinski definition) is 9. The molecule has 3 aliphatic rings. The first-order valence-electron chi connectivity index (χ1n) is 16.5. The van der Waals surface area contributed by atoms with Crippen LogP contribution in [0.25, 0.3) is 11.1 Å². The molecule has 5 heterocycles. The van der Waals surface area contributed by atoms with E-state index in [1.165, 1.54) is 0 Å². The molecule has 7 rings (SSSR count). The van der Waals surface area contributed by atoms with Crippen LogP contribution in [0.15, 0.2) is 67.3 Å². The van der Waals surface area contributed by atoms with Crippen molar-refractivity contribution in [1.82, 2.24) is 30.0 Å². The molecule has 12 nitrogen and oxygen atoms in total. The van der Waals surface area contributed by atoms with Crippen LogP contribution in [0, 0.1) is 11.3 Å². The molecule has 12 heteroatoms. The van der Waals surface area contributed by atoms with Gasteiger partial charge in [0.2, 0.25) is 5.95 Å². The molecule has 4 aromatic rings. The number of nitriles is 1. The number of aryl methyl sites for hydroxylation is 1. The fraction of sp³-hybridized carbons (Fsp3) is 0.429. The third kappa shape index (κ3) is 6.49. The van der Waals surface area contributed by atoms with E-state index < -0.39 is 0 Å². The second-order valence-corrected chi connectivity index (χ2v) is 12.8. The zero-order valence-corrected chi connectivity index (χ0v) is 26.7. The van der Waals surface area contributed by atoms with E-state index in [-0.39, 0.29) is 23.7 Å². The average molecular weight is 633 g/mol. The molecule has 2 aliphatic heterocycles. The molecule has 0 radical (unpaired) electrons. The molecule has 1 atom stereocenters. The molecule has 2 amide bonds. The summed E-state index contributed by atoms with van der Waals surface area (Å²) in [7, 11) is 1.88. The first kappa shape index (κ1) is 30.6. The molecule has 1 spiro atoms. The number of nitrogens with one attached hydrogen (secondary N) is 2. The van der Waals surface area contributed by atoms with Crippen LogP contribution in [0.2, 0.25) is 0 Å². The van der Waals surface area contributed by atoms with E-state index in [1.54, 1.807) is 17.1 Å². The van der Waals surface area contributed by atoms with Crippen LogP contribution in [0.3, 0.4) is 0 Å². The summed E-state index contributed by atoms with van der Waals surface area (Å²) in [6, 6.07) is 16.1. The second-order valence-electron chi connectivity index (χ2n) is 12.8. The Kier molecular flexibility index (Phi) is 8.72. The van der Waals surface area contributed by atoms with Crippen LogP contribution in [0.1, 0.15) is 56.1 Å². The zero-order valence-electron chi connectivity index (χ0n) is 26.7. The summed E-state index contributed by atoms with van der Waals surface area (Å²) in [4.78, 5) is 31.9. The van der Waals surface area contributed by atoms with Crippen molar-refractivity contribution in [2.75, 3.05) is 34.9 Å². The Morgan fingerprint density at radius 1 is 1.06 bits per heavy atom. The first-order valence-corrected chi connectivity index (χ1v) is 16.5. The number of hydrogen-bond donors (Lipinski definition) is 2. The van der Waals surface area contributed by atoms with E-state index in [0.29, 0.717) is 36.3 Å². The van der Waals surface area contributed by atoms with Gasteiger partial charge in [0, 0.05) is 62.3 Å². The van der Waals surface area contributed by atoms with E-state index in [2.05, 4.69) is 31.7 Å². The maximum absolute atomic E-state index is 13.8. The van der Waals surface area contributed by atoms with Gasteiger partial charge in [-0.25, -0.2) is 14.8 Å². The van der Waals surface area contributed by atoms with Gasteiger partial charge in [-0.15, -0.1) is 0 Å². The Hall–Kier alpha value is -5.02. The number of rotatable bonds is 8. The van der Waals surface area contributed by atoms with Gasteiger partial charge in [-0.2, -0.15) is 15.3 Å². The lowest BCUT2D eigenvalue weighted by molar-refractivity contribution is 0.00924. The Labute approximate surface area is 274 Å². The molecule has 47 heavy (non-hydrogen) atoms. The molecule has 3 fully saturated rings. The van der Waals surface area contributed by atoms with Gasteiger partial charge in [0.25, 0.3) is 0 Å². The van der Waals surface area contributed by atoms with E-state index >= 15 is 0 Å². The minimum atomic E-state index is -0.165. The van der Waals surface area contributed by atoms with Crippen molar-refractivity contribution in [3.05, 3.63) is 78.4 Å². The van der Waals surface area contributed by atoms with Crippen LogP contribution in [-0.4, -0.2) is 68.1 Å². The van der Waals surface area contributed by atoms with E-state index in [9.17, 15) is 10.1 Å². The van der Waals surface area contributed by atoms with Crippen molar-refractivity contribution in [3.63, 3.8) is 0 Å². The average Bonchev–Trinajstić information content (AvgIpc) is 3.55. The predicted octanol–water partition coefficient (Wildman–Crippen LogP) is 5.04. The molecule has 2 saturated heterocycles. The fourth-order valence-corrected chi connectivity index (χ4v) is 7.09. The number of benzene rings is 1. The maximum atomic E-state index is 13.8. The van der Waals surface area contributed by atoms with Crippen molar-refractivity contribution in [2.24, 2.45) is 7.05 Å². The van der Waals surface area contributed by atoms with Crippen LogP contribution in [-0.2, 0) is 18.3 Å². The normalized spacial score (nSPS) is 22.3. The maximum Gasteiger partial charge on any atom is 0.323 e. The number of amides is 2. The number of urea groups is 1. The van der Waals surface area contributed by atoms with Crippen LogP contribution >= 0.6 is 0 Å².